The van der Waals surface area contributed by atoms with E-state index in [2.05, 4.69) is 47.5 Å². The lowest BCUT2D eigenvalue weighted by molar-refractivity contribution is 0.116. The molecule has 1 fully saturated rings. The number of nitriles is 1. The van der Waals surface area contributed by atoms with Crippen LogP contribution >= 0.6 is 0 Å². The molecule has 22 heavy (non-hydrogen) atoms. The zero-order valence-corrected chi connectivity index (χ0v) is 13.2. The molecular weight excluding hydrogens is 272 g/mol. The monoisotopic (exact) mass is 296 g/mol. The second-order valence-corrected chi connectivity index (χ2v) is 6.29. The summed E-state index contributed by atoms with van der Waals surface area (Å²) in [5.41, 5.74) is 2.55. The van der Waals surface area contributed by atoms with Gasteiger partial charge in [0.25, 0.3) is 0 Å². The maximum atomic E-state index is 8.90. The molecule has 1 aliphatic rings. The Morgan fingerprint density at radius 2 is 2.00 bits per heavy atom. The highest BCUT2D eigenvalue weighted by Gasteiger charge is 2.29. The molecule has 2 N–H and O–H groups in total. The largest absolute Gasteiger partial charge is 0.362 e. The fraction of sp³-hybridized carbons (Fsp3) is 0.444. The molecule has 4 nitrogen and oxygen atoms in total. The van der Waals surface area contributed by atoms with Crippen molar-refractivity contribution in [1.82, 2.24) is 4.90 Å². The standard InChI is InChI=1S/C18H24N4/c1-18(7-11-20)8-13-22(14-9-18)15-16-3-5-17(6-4-16)21-12-2-10-19/h2-6,10,12,19,21H,7-9,13-15H2,1H3/b12-2-,19-10?. The Hall–Kier alpha value is -2.12. The van der Waals surface area contributed by atoms with E-state index in [9.17, 15) is 0 Å². The highest BCUT2D eigenvalue weighted by atomic mass is 15.1. The molecular formula is C18H24N4. The molecule has 1 saturated heterocycles. The summed E-state index contributed by atoms with van der Waals surface area (Å²) in [6.45, 7) is 5.34. The lowest BCUT2D eigenvalue weighted by Gasteiger charge is -2.38. The minimum atomic E-state index is 0.209. The van der Waals surface area contributed by atoms with Crippen LogP contribution in [-0.4, -0.2) is 24.2 Å². The van der Waals surface area contributed by atoms with Crippen LogP contribution in [0.4, 0.5) is 5.69 Å². The van der Waals surface area contributed by atoms with Gasteiger partial charge >= 0.3 is 0 Å². The number of nitrogens with zero attached hydrogens (tertiary/aromatic N) is 2. The number of hydrogen-bond acceptors (Lipinski definition) is 4. The van der Waals surface area contributed by atoms with E-state index in [1.54, 1.807) is 12.3 Å². The van der Waals surface area contributed by atoms with Crippen molar-refractivity contribution in [1.29, 1.82) is 10.7 Å². The molecule has 1 aromatic carbocycles. The fourth-order valence-corrected chi connectivity index (χ4v) is 2.78. The summed E-state index contributed by atoms with van der Waals surface area (Å²) in [6.07, 6.45) is 7.54. The van der Waals surface area contributed by atoms with E-state index in [4.69, 9.17) is 10.7 Å². The summed E-state index contributed by atoms with van der Waals surface area (Å²) in [5, 5.41) is 19.0. The number of nitrogens with one attached hydrogen (secondary N) is 2. The minimum Gasteiger partial charge on any atom is -0.362 e. The van der Waals surface area contributed by atoms with Gasteiger partial charge in [-0.15, -0.1) is 0 Å². The Morgan fingerprint density at radius 3 is 2.59 bits per heavy atom. The molecule has 0 spiro atoms. The molecule has 116 valence electrons. The first-order valence-corrected chi connectivity index (χ1v) is 7.76. The Kier molecular flexibility index (Phi) is 5.74. The van der Waals surface area contributed by atoms with Gasteiger partial charge in [0.1, 0.15) is 0 Å². The molecule has 0 radical (unpaired) electrons. The quantitative estimate of drug-likeness (QED) is 0.785. The van der Waals surface area contributed by atoms with Crippen molar-refractivity contribution in [3.8, 4) is 6.07 Å². The van der Waals surface area contributed by atoms with E-state index in [1.807, 2.05) is 0 Å². The molecule has 0 amide bonds. The Morgan fingerprint density at radius 1 is 1.32 bits per heavy atom. The van der Waals surface area contributed by atoms with Crippen LogP contribution < -0.4 is 5.32 Å². The lowest BCUT2D eigenvalue weighted by atomic mass is 9.78. The fourth-order valence-electron chi connectivity index (χ4n) is 2.78. The molecule has 1 aromatic rings. The van der Waals surface area contributed by atoms with Gasteiger partial charge in [0.2, 0.25) is 0 Å². The van der Waals surface area contributed by atoms with Crippen LogP contribution in [0, 0.1) is 22.2 Å². The number of hydrogen-bond donors (Lipinski definition) is 2. The zero-order chi connectivity index (χ0) is 15.8. The van der Waals surface area contributed by atoms with Gasteiger partial charge in [-0.25, -0.2) is 0 Å². The van der Waals surface area contributed by atoms with E-state index in [1.165, 1.54) is 11.8 Å². The molecule has 0 aliphatic carbocycles. The Labute approximate surface area is 133 Å². The second-order valence-electron chi connectivity index (χ2n) is 6.29. The van der Waals surface area contributed by atoms with Crippen LogP contribution in [0.1, 0.15) is 31.7 Å². The van der Waals surface area contributed by atoms with E-state index in [-0.39, 0.29) is 5.41 Å². The molecule has 0 unspecified atom stereocenters. The smallest absolute Gasteiger partial charge is 0.0627 e. The van der Waals surface area contributed by atoms with Gasteiger partial charge in [0.15, 0.2) is 0 Å². The first-order valence-electron chi connectivity index (χ1n) is 7.76. The van der Waals surface area contributed by atoms with E-state index in [0.29, 0.717) is 6.42 Å². The van der Waals surface area contributed by atoms with Crippen molar-refractivity contribution in [3.05, 3.63) is 42.1 Å². The second kappa shape index (κ2) is 7.77. The third-order valence-corrected chi connectivity index (χ3v) is 4.37. The van der Waals surface area contributed by atoms with Gasteiger partial charge < -0.3 is 10.7 Å². The highest BCUT2D eigenvalue weighted by Crippen LogP contribution is 2.34. The van der Waals surface area contributed by atoms with E-state index >= 15 is 0 Å². The first kappa shape index (κ1) is 16.3. The predicted molar refractivity (Wildman–Crippen MR) is 90.8 cm³/mol. The van der Waals surface area contributed by atoms with Crippen LogP contribution in [0.25, 0.3) is 0 Å². The SMILES string of the molecule is CC1(CC#N)CCN(Cc2ccc(N/C=C\C=N)cc2)CC1. The Bertz CT molecular complexity index is 545. The zero-order valence-electron chi connectivity index (χ0n) is 13.2. The van der Waals surface area contributed by atoms with Crippen molar-refractivity contribution in [2.24, 2.45) is 5.41 Å². The number of anilines is 1. The number of rotatable bonds is 6. The van der Waals surface area contributed by atoms with Crippen molar-refractivity contribution < 1.29 is 0 Å². The summed E-state index contributed by atoms with van der Waals surface area (Å²) >= 11 is 0. The van der Waals surface area contributed by atoms with E-state index < -0.39 is 0 Å². The molecule has 0 saturated carbocycles. The summed E-state index contributed by atoms with van der Waals surface area (Å²) in [7, 11) is 0. The molecule has 0 aromatic heterocycles. The van der Waals surface area contributed by atoms with Crippen LogP contribution in [0.15, 0.2) is 36.5 Å². The molecule has 0 atom stereocenters. The van der Waals surface area contributed by atoms with Crippen molar-refractivity contribution in [3.63, 3.8) is 0 Å². The average Bonchev–Trinajstić information content (AvgIpc) is 2.52. The maximum absolute atomic E-state index is 8.90. The third-order valence-electron chi connectivity index (χ3n) is 4.37. The molecule has 2 rings (SSSR count). The third kappa shape index (κ3) is 4.71. The number of benzene rings is 1. The summed E-state index contributed by atoms with van der Waals surface area (Å²) in [6, 6.07) is 10.7. The van der Waals surface area contributed by atoms with Gasteiger partial charge in [-0.1, -0.05) is 19.1 Å². The van der Waals surface area contributed by atoms with Crippen molar-refractivity contribution >= 4 is 11.9 Å². The summed E-state index contributed by atoms with van der Waals surface area (Å²) < 4.78 is 0. The van der Waals surface area contributed by atoms with Gasteiger partial charge in [-0.05, 0) is 55.1 Å². The first-order chi connectivity index (χ1) is 10.6. The van der Waals surface area contributed by atoms with Gasteiger partial charge in [-0.2, -0.15) is 5.26 Å². The van der Waals surface area contributed by atoms with Gasteiger partial charge in [-0.3, -0.25) is 4.90 Å². The average molecular weight is 296 g/mol. The lowest BCUT2D eigenvalue weighted by Crippen LogP contribution is -2.38. The molecule has 1 aliphatic heterocycles. The van der Waals surface area contributed by atoms with Crippen LogP contribution in [0.2, 0.25) is 0 Å². The summed E-state index contributed by atoms with van der Waals surface area (Å²) in [5.74, 6) is 0. The Balaban J connectivity index is 1.83. The number of allylic oxidation sites excluding steroid dienone is 1. The molecule has 1 heterocycles. The van der Waals surface area contributed by atoms with Crippen molar-refractivity contribution in [2.45, 2.75) is 32.7 Å². The predicted octanol–water partition coefficient (Wildman–Crippen LogP) is 3.78. The summed E-state index contributed by atoms with van der Waals surface area (Å²) in [4.78, 5) is 2.47. The number of piperidine rings is 1. The van der Waals surface area contributed by atoms with Crippen LogP contribution in [0.5, 0.6) is 0 Å². The topological polar surface area (TPSA) is 62.9 Å². The van der Waals surface area contributed by atoms with Crippen LogP contribution in [-0.2, 0) is 6.54 Å². The van der Waals surface area contributed by atoms with Crippen molar-refractivity contribution in [2.75, 3.05) is 18.4 Å². The van der Waals surface area contributed by atoms with Gasteiger partial charge in [0.05, 0.1) is 6.07 Å². The van der Waals surface area contributed by atoms with Crippen LogP contribution in [0.3, 0.4) is 0 Å². The number of likely N-dealkylation sites (tertiary alicyclic amines) is 1. The molecule has 4 heteroatoms. The van der Waals surface area contributed by atoms with Gasteiger partial charge in [0, 0.05) is 31.1 Å². The normalized spacial score (nSPS) is 18.0. The maximum Gasteiger partial charge on any atom is 0.0627 e. The molecule has 0 bridgehead atoms. The minimum absolute atomic E-state index is 0.209. The van der Waals surface area contributed by atoms with E-state index in [0.717, 1.165) is 38.2 Å². The highest BCUT2D eigenvalue weighted by molar-refractivity contribution is 5.68.